The van der Waals surface area contributed by atoms with Crippen molar-refractivity contribution in [2.24, 2.45) is 0 Å². The Morgan fingerprint density at radius 3 is 2.65 bits per heavy atom. The van der Waals surface area contributed by atoms with Gasteiger partial charge in [-0.3, -0.25) is 4.79 Å². The van der Waals surface area contributed by atoms with Crippen LogP contribution < -0.4 is 9.47 Å². The number of methoxy groups -OCH3 is 1. The maximum atomic E-state index is 12.6. The molecule has 0 unspecified atom stereocenters. The Bertz CT molecular complexity index is 1270. The molecule has 8 heteroatoms. The normalized spacial score (nSPS) is 11.2. The van der Waals surface area contributed by atoms with E-state index >= 15 is 0 Å². The number of ether oxygens (including phenoxy) is 1. The van der Waals surface area contributed by atoms with E-state index in [-0.39, 0.29) is 5.91 Å². The summed E-state index contributed by atoms with van der Waals surface area (Å²) in [6.45, 7) is 5.00. The van der Waals surface area contributed by atoms with E-state index in [4.69, 9.17) is 9.72 Å². The van der Waals surface area contributed by atoms with E-state index in [1.165, 1.54) is 6.20 Å². The molecule has 0 N–H and O–H groups in total. The standard InChI is InChI=1S/C23H23BrN4O3/c1-4-26(15(2)29)14-22-25-20-13-28(30)21-11-17(24)7-10-19(21)23(20)27(22)12-16-5-8-18(31-3)9-6-16/h5-11,13H,4,12,14H2,1-3H3. The van der Waals surface area contributed by atoms with Crippen LogP contribution in [0.4, 0.5) is 0 Å². The predicted octanol–water partition coefficient (Wildman–Crippen LogP) is 4.01. The Morgan fingerprint density at radius 2 is 2.00 bits per heavy atom. The van der Waals surface area contributed by atoms with E-state index in [2.05, 4.69) is 20.5 Å². The van der Waals surface area contributed by atoms with Crippen LogP contribution in [0.3, 0.4) is 0 Å². The monoisotopic (exact) mass is 482 g/mol. The average molecular weight is 483 g/mol. The summed E-state index contributed by atoms with van der Waals surface area (Å²) in [5, 5.41) is 13.5. The third-order valence-corrected chi connectivity index (χ3v) is 5.92. The molecule has 2 heterocycles. The van der Waals surface area contributed by atoms with E-state index in [1.54, 1.807) is 25.0 Å². The van der Waals surface area contributed by atoms with E-state index in [1.807, 2.05) is 43.3 Å². The van der Waals surface area contributed by atoms with E-state index in [0.717, 1.165) is 37.2 Å². The van der Waals surface area contributed by atoms with Crippen LogP contribution in [-0.2, 0) is 17.9 Å². The minimum atomic E-state index is -0.0155. The first kappa shape index (κ1) is 21.1. The number of hydrogen-bond acceptors (Lipinski definition) is 4. The van der Waals surface area contributed by atoms with Gasteiger partial charge in [0.2, 0.25) is 17.6 Å². The number of carbonyl (C=O) groups excluding carboxylic acids is 1. The number of pyridine rings is 1. The number of imidazole rings is 1. The van der Waals surface area contributed by atoms with Crippen molar-refractivity contribution in [2.45, 2.75) is 26.9 Å². The number of nitrogens with zero attached hydrogens (tertiary/aromatic N) is 4. The number of rotatable bonds is 6. The molecule has 2 aromatic carbocycles. The molecule has 4 rings (SSSR count). The SMILES string of the molecule is CCN(Cc1nc2c[n+]([O-])c3cc(Br)ccc3c2n1Cc1ccc(OC)cc1)C(C)=O. The Kier molecular flexibility index (Phi) is 5.82. The molecule has 0 aliphatic rings. The lowest BCUT2D eigenvalue weighted by Crippen LogP contribution is -2.29. The molecule has 0 spiro atoms. The van der Waals surface area contributed by atoms with Gasteiger partial charge in [0, 0.05) is 30.6 Å². The highest BCUT2D eigenvalue weighted by molar-refractivity contribution is 9.10. The highest BCUT2D eigenvalue weighted by atomic mass is 79.9. The molecule has 0 saturated heterocycles. The van der Waals surface area contributed by atoms with Crippen LogP contribution in [-0.4, -0.2) is 34.0 Å². The molecule has 1 amide bonds. The van der Waals surface area contributed by atoms with Crippen molar-refractivity contribution in [2.75, 3.05) is 13.7 Å². The second-order valence-electron chi connectivity index (χ2n) is 7.35. The van der Waals surface area contributed by atoms with Gasteiger partial charge in [-0.25, -0.2) is 4.98 Å². The summed E-state index contributed by atoms with van der Waals surface area (Å²) in [6.07, 6.45) is 1.50. The molecule has 2 aromatic heterocycles. The summed E-state index contributed by atoms with van der Waals surface area (Å²) >= 11 is 3.45. The largest absolute Gasteiger partial charge is 0.618 e. The number of carbonyl (C=O) groups is 1. The zero-order chi connectivity index (χ0) is 22.1. The molecule has 7 nitrogen and oxygen atoms in total. The fraction of sp³-hybridized carbons (Fsp3) is 0.261. The van der Waals surface area contributed by atoms with Gasteiger partial charge in [-0.2, -0.15) is 4.73 Å². The van der Waals surface area contributed by atoms with Crippen LogP contribution in [0.2, 0.25) is 0 Å². The summed E-state index contributed by atoms with van der Waals surface area (Å²) < 4.78 is 9.04. The van der Waals surface area contributed by atoms with E-state index in [0.29, 0.717) is 30.7 Å². The summed E-state index contributed by atoms with van der Waals surface area (Å²) in [7, 11) is 1.64. The zero-order valence-corrected chi connectivity index (χ0v) is 19.2. The van der Waals surface area contributed by atoms with Crippen molar-refractivity contribution in [3.05, 3.63) is 69.7 Å². The highest BCUT2D eigenvalue weighted by Gasteiger charge is 2.21. The molecular formula is C23H23BrN4O3. The van der Waals surface area contributed by atoms with Crippen molar-refractivity contribution in [1.82, 2.24) is 14.5 Å². The molecule has 160 valence electrons. The molecule has 0 atom stereocenters. The molecule has 0 fully saturated rings. The number of hydrogen-bond donors (Lipinski definition) is 0. The first-order valence-electron chi connectivity index (χ1n) is 10.00. The Balaban J connectivity index is 1.93. The lowest BCUT2D eigenvalue weighted by Gasteiger charge is -2.19. The zero-order valence-electron chi connectivity index (χ0n) is 17.6. The Morgan fingerprint density at radius 1 is 1.26 bits per heavy atom. The summed E-state index contributed by atoms with van der Waals surface area (Å²) in [4.78, 5) is 18.5. The van der Waals surface area contributed by atoms with Gasteiger partial charge in [-0.05, 0) is 36.8 Å². The van der Waals surface area contributed by atoms with Crippen molar-refractivity contribution < 1.29 is 14.3 Å². The maximum absolute atomic E-state index is 12.6. The molecule has 4 aromatic rings. The van der Waals surface area contributed by atoms with Crippen LogP contribution in [0.15, 0.2) is 53.1 Å². The first-order chi connectivity index (χ1) is 14.9. The van der Waals surface area contributed by atoms with Crippen LogP contribution in [0.25, 0.3) is 21.9 Å². The number of fused-ring (bicyclic) bond motifs is 3. The number of aromatic nitrogens is 3. The minimum Gasteiger partial charge on any atom is -0.618 e. The van der Waals surface area contributed by atoms with E-state index in [9.17, 15) is 10.0 Å². The van der Waals surface area contributed by atoms with Crippen molar-refractivity contribution in [3.63, 3.8) is 0 Å². The molecule has 31 heavy (non-hydrogen) atoms. The second-order valence-corrected chi connectivity index (χ2v) is 8.26. The lowest BCUT2D eigenvalue weighted by molar-refractivity contribution is -0.575. The van der Waals surface area contributed by atoms with Crippen molar-refractivity contribution in [3.8, 4) is 5.75 Å². The van der Waals surface area contributed by atoms with Gasteiger partial charge >= 0.3 is 0 Å². The number of amides is 1. The summed E-state index contributed by atoms with van der Waals surface area (Å²) in [6, 6.07) is 13.5. The van der Waals surface area contributed by atoms with Gasteiger partial charge in [0.15, 0.2) is 5.52 Å². The fourth-order valence-electron chi connectivity index (χ4n) is 3.78. The van der Waals surface area contributed by atoms with Gasteiger partial charge in [-0.15, -0.1) is 0 Å². The lowest BCUT2D eigenvalue weighted by atomic mass is 10.1. The average Bonchev–Trinajstić information content (AvgIpc) is 3.09. The third kappa shape index (κ3) is 4.07. The van der Waals surface area contributed by atoms with Crippen molar-refractivity contribution >= 4 is 43.8 Å². The van der Waals surface area contributed by atoms with Crippen LogP contribution in [0.1, 0.15) is 25.2 Å². The summed E-state index contributed by atoms with van der Waals surface area (Å²) in [5.41, 5.74) is 3.10. The van der Waals surface area contributed by atoms with Crippen LogP contribution in [0.5, 0.6) is 5.75 Å². The maximum Gasteiger partial charge on any atom is 0.227 e. The Labute approximate surface area is 188 Å². The molecule has 0 saturated carbocycles. The van der Waals surface area contributed by atoms with Crippen LogP contribution >= 0.6 is 15.9 Å². The van der Waals surface area contributed by atoms with Crippen LogP contribution in [0, 0.1) is 5.21 Å². The second kappa shape index (κ2) is 8.55. The van der Waals surface area contributed by atoms with Gasteiger partial charge in [0.1, 0.15) is 11.6 Å². The van der Waals surface area contributed by atoms with Gasteiger partial charge < -0.3 is 19.4 Å². The molecule has 0 bridgehead atoms. The number of benzene rings is 2. The first-order valence-corrected chi connectivity index (χ1v) is 10.8. The molecule has 0 radical (unpaired) electrons. The summed E-state index contributed by atoms with van der Waals surface area (Å²) in [5.74, 6) is 1.51. The smallest absolute Gasteiger partial charge is 0.227 e. The van der Waals surface area contributed by atoms with Gasteiger partial charge in [0.05, 0.1) is 24.6 Å². The number of halogens is 1. The molecular weight excluding hydrogens is 460 g/mol. The minimum absolute atomic E-state index is 0.0155. The van der Waals surface area contributed by atoms with Gasteiger partial charge in [-0.1, -0.05) is 28.1 Å². The Hall–Kier alpha value is -3.13. The quantitative estimate of drug-likeness (QED) is 0.307. The molecule has 0 aliphatic carbocycles. The topological polar surface area (TPSA) is 74.3 Å². The fourth-order valence-corrected chi connectivity index (χ4v) is 4.13. The molecule has 0 aliphatic heterocycles. The predicted molar refractivity (Wildman–Crippen MR) is 123 cm³/mol. The van der Waals surface area contributed by atoms with Gasteiger partial charge in [0.25, 0.3) is 0 Å². The highest BCUT2D eigenvalue weighted by Crippen LogP contribution is 2.28. The van der Waals surface area contributed by atoms with E-state index < -0.39 is 0 Å². The van der Waals surface area contributed by atoms with Crippen molar-refractivity contribution in [1.29, 1.82) is 0 Å². The third-order valence-electron chi connectivity index (χ3n) is 5.42.